The smallest absolute Gasteiger partial charge is 0.0488 e. The molecule has 0 fully saturated rings. The molecule has 1 aromatic heterocycles. The fraction of sp³-hybridized carbons (Fsp3) is 0.467. The highest BCUT2D eigenvalue weighted by molar-refractivity contribution is 9.10. The maximum Gasteiger partial charge on any atom is 0.0488 e. The largest absolute Gasteiger partial charge is 0.324 e. The molecule has 0 amide bonds. The molecule has 0 spiro atoms. The van der Waals surface area contributed by atoms with Crippen LogP contribution in [0.3, 0.4) is 0 Å². The average molecular weight is 326 g/mol. The van der Waals surface area contributed by atoms with E-state index in [4.69, 9.17) is 5.73 Å². The summed E-state index contributed by atoms with van der Waals surface area (Å²) in [4.78, 5) is 0. The van der Waals surface area contributed by atoms with Crippen molar-refractivity contribution in [3.63, 3.8) is 0 Å². The fourth-order valence-electron chi connectivity index (χ4n) is 2.07. The van der Waals surface area contributed by atoms with Gasteiger partial charge in [0.25, 0.3) is 0 Å². The molecule has 0 aliphatic heterocycles. The summed E-state index contributed by atoms with van der Waals surface area (Å²) >= 11 is 5.38. The fourth-order valence-corrected chi connectivity index (χ4v) is 3.76. The van der Waals surface area contributed by atoms with E-state index in [1.165, 1.54) is 20.1 Å². The molecular formula is C15H20BrNS. The second-order valence-electron chi connectivity index (χ2n) is 6.01. The Morgan fingerprint density at radius 3 is 2.72 bits per heavy atom. The van der Waals surface area contributed by atoms with Crippen LogP contribution >= 0.6 is 27.3 Å². The van der Waals surface area contributed by atoms with E-state index in [2.05, 4.69) is 60.3 Å². The normalized spacial score (nSPS) is 14.1. The van der Waals surface area contributed by atoms with Gasteiger partial charge in [0, 0.05) is 15.2 Å². The molecule has 0 aliphatic carbocycles. The number of hydrogen-bond acceptors (Lipinski definition) is 2. The Morgan fingerprint density at radius 2 is 2.06 bits per heavy atom. The molecule has 3 heteroatoms. The minimum Gasteiger partial charge on any atom is -0.324 e. The molecule has 2 rings (SSSR count). The molecule has 1 aromatic carbocycles. The highest BCUT2D eigenvalue weighted by Crippen LogP contribution is 2.36. The van der Waals surface area contributed by atoms with Crippen molar-refractivity contribution in [3.8, 4) is 0 Å². The summed E-state index contributed by atoms with van der Waals surface area (Å²) in [5, 5.41) is 3.51. The topological polar surface area (TPSA) is 26.0 Å². The first-order chi connectivity index (χ1) is 8.38. The van der Waals surface area contributed by atoms with E-state index in [0.717, 1.165) is 12.8 Å². The van der Waals surface area contributed by atoms with Crippen LogP contribution in [-0.2, 0) is 0 Å². The van der Waals surface area contributed by atoms with Crippen LogP contribution in [0.1, 0.15) is 45.2 Å². The molecule has 18 heavy (non-hydrogen) atoms. The standard InChI is InChI=1S/C15H20BrNS/c1-15(2,3)8-7-13(17)11-9-18-14-10(11)5-4-6-12(14)16/h4-6,9,13H,7-8,17H2,1-3H3. The Bertz CT molecular complexity index is 539. The number of fused-ring (bicyclic) bond motifs is 1. The Balaban J connectivity index is 2.23. The van der Waals surface area contributed by atoms with Gasteiger partial charge in [0.1, 0.15) is 0 Å². The summed E-state index contributed by atoms with van der Waals surface area (Å²) in [6.45, 7) is 6.80. The summed E-state index contributed by atoms with van der Waals surface area (Å²) in [6.07, 6.45) is 2.20. The minimum absolute atomic E-state index is 0.146. The lowest BCUT2D eigenvalue weighted by Gasteiger charge is -2.20. The molecule has 0 saturated heterocycles. The highest BCUT2D eigenvalue weighted by Gasteiger charge is 2.17. The number of halogens is 1. The van der Waals surface area contributed by atoms with E-state index in [9.17, 15) is 0 Å². The van der Waals surface area contributed by atoms with E-state index in [1.807, 2.05) is 0 Å². The summed E-state index contributed by atoms with van der Waals surface area (Å²) in [5.74, 6) is 0. The summed E-state index contributed by atoms with van der Waals surface area (Å²) in [6, 6.07) is 6.48. The lowest BCUT2D eigenvalue weighted by molar-refractivity contribution is 0.350. The van der Waals surface area contributed by atoms with Crippen LogP contribution in [0.25, 0.3) is 10.1 Å². The van der Waals surface area contributed by atoms with Crippen LogP contribution in [0.4, 0.5) is 0 Å². The van der Waals surface area contributed by atoms with Crippen LogP contribution in [0, 0.1) is 5.41 Å². The van der Waals surface area contributed by atoms with Gasteiger partial charge in [-0.15, -0.1) is 11.3 Å². The first kappa shape index (κ1) is 14.0. The van der Waals surface area contributed by atoms with Gasteiger partial charge in [-0.05, 0) is 56.6 Å². The van der Waals surface area contributed by atoms with Crippen LogP contribution < -0.4 is 5.73 Å². The molecule has 1 unspecified atom stereocenters. The molecule has 98 valence electrons. The molecule has 1 atom stereocenters. The number of nitrogens with two attached hydrogens (primary N) is 1. The van der Waals surface area contributed by atoms with Crippen molar-refractivity contribution >= 4 is 37.4 Å². The summed E-state index contributed by atoms with van der Waals surface area (Å²) < 4.78 is 2.47. The quantitative estimate of drug-likeness (QED) is 0.793. The molecule has 2 aromatic rings. The van der Waals surface area contributed by atoms with Crippen molar-refractivity contribution < 1.29 is 0 Å². The van der Waals surface area contributed by atoms with Gasteiger partial charge in [0.2, 0.25) is 0 Å². The molecule has 2 N–H and O–H groups in total. The van der Waals surface area contributed by atoms with Crippen LogP contribution in [-0.4, -0.2) is 0 Å². The van der Waals surface area contributed by atoms with Crippen molar-refractivity contribution in [2.24, 2.45) is 11.1 Å². The Labute approximate surface area is 122 Å². The molecule has 1 nitrogen and oxygen atoms in total. The predicted molar refractivity (Wildman–Crippen MR) is 85.1 cm³/mol. The van der Waals surface area contributed by atoms with Crippen LogP contribution in [0.15, 0.2) is 28.1 Å². The average Bonchev–Trinajstić information content (AvgIpc) is 2.70. The molecule has 0 radical (unpaired) electrons. The van der Waals surface area contributed by atoms with E-state index in [-0.39, 0.29) is 6.04 Å². The van der Waals surface area contributed by atoms with E-state index in [1.54, 1.807) is 11.3 Å². The lowest BCUT2D eigenvalue weighted by atomic mass is 9.87. The SMILES string of the molecule is CC(C)(C)CCC(N)c1csc2c(Br)cccc12. The molecule has 0 aliphatic rings. The summed E-state index contributed by atoms with van der Waals surface area (Å²) in [5.41, 5.74) is 8.00. The van der Waals surface area contributed by atoms with E-state index in [0.29, 0.717) is 5.41 Å². The number of rotatable bonds is 3. The van der Waals surface area contributed by atoms with Gasteiger partial charge in [0.05, 0.1) is 0 Å². The van der Waals surface area contributed by atoms with Crippen LogP contribution in [0.5, 0.6) is 0 Å². The first-order valence-electron chi connectivity index (χ1n) is 6.30. The Kier molecular flexibility index (Phi) is 4.15. The third kappa shape index (κ3) is 3.14. The van der Waals surface area contributed by atoms with Gasteiger partial charge in [-0.3, -0.25) is 0 Å². The third-order valence-corrected chi connectivity index (χ3v) is 5.16. The Hall–Kier alpha value is -0.380. The minimum atomic E-state index is 0.146. The van der Waals surface area contributed by atoms with Crippen molar-refractivity contribution in [2.45, 2.75) is 39.7 Å². The second-order valence-corrected chi connectivity index (χ2v) is 7.75. The van der Waals surface area contributed by atoms with Gasteiger partial charge in [-0.25, -0.2) is 0 Å². The molecule has 0 saturated carbocycles. The van der Waals surface area contributed by atoms with E-state index >= 15 is 0 Å². The Morgan fingerprint density at radius 1 is 1.33 bits per heavy atom. The van der Waals surface area contributed by atoms with Gasteiger partial charge < -0.3 is 5.73 Å². The second kappa shape index (κ2) is 5.32. The van der Waals surface area contributed by atoms with Gasteiger partial charge in [0.15, 0.2) is 0 Å². The van der Waals surface area contributed by atoms with Gasteiger partial charge in [-0.2, -0.15) is 0 Å². The van der Waals surface area contributed by atoms with Crippen LogP contribution in [0.2, 0.25) is 0 Å². The van der Waals surface area contributed by atoms with E-state index < -0.39 is 0 Å². The number of benzene rings is 1. The summed E-state index contributed by atoms with van der Waals surface area (Å²) in [7, 11) is 0. The highest BCUT2D eigenvalue weighted by atomic mass is 79.9. The predicted octanol–water partition coefficient (Wildman–Crippen LogP) is 5.49. The van der Waals surface area contributed by atoms with Crippen molar-refractivity contribution in [3.05, 3.63) is 33.6 Å². The maximum atomic E-state index is 6.35. The zero-order chi connectivity index (χ0) is 13.3. The first-order valence-corrected chi connectivity index (χ1v) is 7.97. The number of hydrogen-bond donors (Lipinski definition) is 1. The molecule has 0 bridgehead atoms. The third-order valence-electron chi connectivity index (χ3n) is 3.19. The monoisotopic (exact) mass is 325 g/mol. The van der Waals surface area contributed by atoms with Gasteiger partial charge >= 0.3 is 0 Å². The lowest BCUT2D eigenvalue weighted by Crippen LogP contribution is -2.14. The maximum absolute atomic E-state index is 6.35. The number of thiophene rings is 1. The van der Waals surface area contributed by atoms with Gasteiger partial charge in [-0.1, -0.05) is 32.9 Å². The zero-order valence-corrected chi connectivity index (χ0v) is 13.6. The van der Waals surface area contributed by atoms with Crippen molar-refractivity contribution in [1.82, 2.24) is 0 Å². The molecular weight excluding hydrogens is 306 g/mol. The zero-order valence-electron chi connectivity index (χ0n) is 11.2. The van der Waals surface area contributed by atoms with Crippen molar-refractivity contribution in [1.29, 1.82) is 0 Å². The molecule has 1 heterocycles. The van der Waals surface area contributed by atoms with Crippen molar-refractivity contribution in [2.75, 3.05) is 0 Å².